The Morgan fingerprint density at radius 1 is 0.692 bits per heavy atom. The zero-order chi connectivity index (χ0) is 28.8. The predicted octanol–water partition coefficient (Wildman–Crippen LogP) is 8.61. The van der Waals surface area contributed by atoms with E-state index in [1.165, 1.54) is 38.5 Å². The van der Waals surface area contributed by atoms with Gasteiger partial charge in [0, 0.05) is 12.8 Å². The van der Waals surface area contributed by atoms with Gasteiger partial charge < -0.3 is 15.2 Å². The number of carboxylic acid groups (broad SMARTS) is 1. The lowest BCUT2D eigenvalue weighted by molar-refractivity contribution is -0.147. The molecule has 0 aliphatic carbocycles. The molecule has 1 atom stereocenters. The molecule has 0 saturated carbocycles. The number of carbonyl (C=O) groups is 3. The van der Waals surface area contributed by atoms with Gasteiger partial charge in [0.1, 0.15) is 12.6 Å². The van der Waals surface area contributed by atoms with E-state index in [-0.39, 0.29) is 24.5 Å². The topological polar surface area (TPSA) is 92.7 Å². The van der Waals surface area contributed by atoms with Crippen molar-refractivity contribution in [2.45, 2.75) is 148 Å². The normalized spacial score (nSPS) is 12.5. The van der Waals surface area contributed by atoms with Crippen molar-refractivity contribution in [2.24, 2.45) is 0 Å². The van der Waals surface area contributed by atoms with Crippen LogP contribution in [-0.4, -0.2) is 35.6 Å². The fourth-order valence-corrected chi connectivity index (χ4v) is 4.16. The molecule has 0 bridgehead atoms. The lowest BCUT2D eigenvalue weighted by atomic mass is 10.1. The molecule has 0 aromatic heterocycles. The summed E-state index contributed by atoms with van der Waals surface area (Å²) in [5.41, 5.74) is 0. The highest BCUT2D eigenvalue weighted by Gasteiger charge is 2.11. The predicted molar refractivity (Wildman–Crippen MR) is 162 cm³/mol. The van der Waals surface area contributed by atoms with Gasteiger partial charge in [0.2, 0.25) is 5.91 Å². The molecule has 224 valence electrons. The number of hydrogen-bond acceptors (Lipinski definition) is 4. The summed E-state index contributed by atoms with van der Waals surface area (Å²) < 4.78 is 5.76. The third-order valence-electron chi connectivity index (χ3n) is 6.50. The second kappa shape index (κ2) is 28.6. The summed E-state index contributed by atoms with van der Waals surface area (Å²) in [5.74, 6) is -1.36. The Kier molecular flexibility index (Phi) is 26.9. The minimum Gasteiger partial charge on any atom is -0.480 e. The largest absolute Gasteiger partial charge is 0.480 e. The van der Waals surface area contributed by atoms with Gasteiger partial charge in [-0.1, -0.05) is 95.6 Å². The highest BCUT2D eigenvalue weighted by atomic mass is 16.5. The Labute approximate surface area is 238 Å². The second-order valence-corrected chi connectivity index (χ2v) is 10.3. The van der Waals surface area contributed by atoms with E-state index in [1.807, 2.05) is 6.08 Å². The molecule has 0 spiro atoms. The van der Waals surface area contributed by atoms with Crippen LogP contribution in [0.15, 0.2) is 36.5 Å². The van der Waals surface area contributed by atoms with E-state index >= 15 is 0 Å². The number of amides is 1. The van der Waals surface area contributed by atoms with Crippen molar-refractivity contribution in [3.63, 3.8) is 0 Å². The molecule has 0 aliphatic rings. The first-order valence-electron chi connectivity index (χ1n) is 15.6. The summed E-state index contributed by atoms with van der Waals surface area (Å²) in [6.45, 7) is 4.03. The number of carbonyl (C=O) groups excluding carboxylic acids is 2. The lowest BCUT2D eigenvalue weighted by Gasteiger charge is -2.15. The Morgan fingerprint density at radius 2 is 1.31 bits per heavy atom. The standard InChI is InChI=1S/C33H57NO5/c1-3-5-7-8-9-10-11-12-13-14-15-16-17-18-24-28-33(38)39-30(25-21-6-4-2)26-22-19-20-23-27-31(35)34-29-32(36)37/h9-10,12-13,21,25,30H,3-8,11,14-20,22-24,26-29H2,1-2H3,(H,34,35)(H,36,37)/b10-9-,13-12-,25-21-. The third-order valence-corrected chi connectivity index (χ3v) is 6.50. The number of carboxylic acids is 1. The lowest BCUT2D eigenvalue weighted by Crippen LogP contribution is -2.28. The fourth-order valence-electron chi connectivity index (χ4n) is 4.16. The van der Waals surface area contributed by atoms with Crippen molar-refractivity contribution < 1.29 is 24.2 Å². The summed E-state index contributed by atoms with van der Waals surface area (Å²) in [5, 5.41) is 11.0. The van der Waals surface area contributed by atoms with Crippen molar-refractivity contribution in [1.29, 1.82) is 0 Å². The fraction of sp³-hybridized carbons (Fsp3) is 0.727. The van der Waals surface area contributed by atoms with Crippen molar-refractivity contribution in [2.75, 3.05) is 6.54 Å². The van der Waals surface area contributed by atoms with Crippen molar-refractivity contribution in [3.05, 3.63) is 36.5 Å². The molecule has 0 aromatic carbocycles. The maximum atomic E-state index is 12.4. The number of aliphatic carboxylic acids is 1. The molecule has 0 radical (unpaired) electrons. The minimum absolute atomic E-state index is 0.109. The molecule has 0 aromatic rings. The zero-order valence-corrected chi connectivity index (χ0v) is 25.0. The molecule has 6 heteroatoms. The van der Waals surface area contributed by atoms with Crippen LogP contribution in [0, 0.1) is 0 Å². The molecule has 39 heavy (non-hydrogen) atoms. The van der Waals surface area contributed by atoms with Gasteiger partial charge in [-0.15, -0.1) is 0 Å². The number of hydrogen-bond donors (Lipinski definition) is 2. The number of allylic oxidation sites excluding steroid dienone is 5. The Morgan fingerprint density at radius 3 is 1.97 bits per heavy atom. The third kappa shape index (κ3) is 28.5. The van der Waals surface area contributed by atoms with E-state index in [0.29, 0.717) is 12.8 Å². The SMILES string of the molecule is CCC/C=C\C(CCCCCCC(=O)NCC(=O)O)OC(=O)CCCCCCC/C=C\C/C=C\CCCCC. The van der Waals surface area contributed by atoms with E-state index in [0.717, 1.165) is 77.0 Å². The van der Waals surface area contributed by atoms with Crippen molar-refractivity contribution in [3.8, 4) is 0 Å². The first-order valence-corrected chi connectivity index (χ1v) is 15.6. The Bertz CT molecular complexity index is 698. The van der Waals surface area contributed by atoms with Crippen LogP contribution in [0.25, 0.3) is 0 Å². The van der Waals surface area contributed by atoms with E-state index in [2.05, 4.69) is 49.5 Å². The van der Waals surface area contributed by atoms with Gasteiger partial charge in [0.15, 0.2) is 0 Å². The molecule has 1 amide bonds. The summed E-state index contributed by atoms with van der Waals surface area (Å²) in [6.07, 6.45) is 33.0. The van der Waals surface area contributed by atoms with Crippen LogP contribution in [0.3, 0.4) is 0 Å². The van der Waals surface area contributed by atoms with Crippen LogP contribution in [0.5, 0.6) is 0 Å². The van der Waals surface area contributed by atoms with Gasteiger partial charge >= 0.3 is 11.9 Å². The molecule has 2 N–H and O–H groups in total. The van der Waals surface area contributed by atoms with Crippen molar-refractivity contribution in [1.82, 2.24) is 5.32 Å². The van der Waals surface area contributed by atoms with Crippen LogP contribution in [0.4, 0.5) is 0 Å². The van der Waals surface area contributed by atoms with Gasteiger partial charge in [-0.25, -0.2) is 0 Å². The summed E-state index contributed by atoms with van der Waals surface area (Å²) in [6, 6.07) is 0. The van der Waals surface area contributed by atoms with E-state index < -0.39 is 5.97 Å². The molecule has 1 unspecified atom stereocenters. The molecular formula is C33H57NO5. The van der Waals surface area contributed by atoms with E-state index in [1.54, 1.807) is 0 Å². The van der Waals surface area contributed by atoms with Gasteiger partial charge in [0.05, 0.1) is 0 Å². The van der Waals surface area contributed by atoms with E-state index in [9.17, 15) is 14.4 Å². The van der Waals surface area contributed by atoms with E-state index in [4.69, 9.17) is 9.84 Å². The minimum atomic E-state index is -1.03. The van der Waals surface area contributed by atoms with Crippen molar-refractivity contribution >= 4 is 17.8 Å². The molecule has 0 saturated heterocycles. The van der Waals surface area contributed by atoms with Gasteiger partial charge in [-0.2, -0.15) is 0 Å². The molecule has 6 nitrogen and oxygen atoms in total. The zero-order valence-electron chi connectivity index (χ0n) is 25.0. The molecule has 0 fully saturated rings. The molecule has 0 heterocycles. The van der Waals surface area contributed by atoms with Crippen LogP contribution in [0.2, 0.25) is 0 Å². The Balaban J connectivity index is 3.92. The smallest absolute Gasteiger partial charge is 0.322 e. The van der Waals surface area contributed by atoms with Gasteiger partial charge in [-0.05, 0) is 70.3 Å². The summed E-state index contributed by atoms with van der Waals surface area (Å²) >= 11 is 0. The van der Waals surface area contributed by atoms with Crippen LogP contribution >= 0.6 is 0 Å². The highest BCUT2D eigenvalue weighted by molar-refractivity contribution is 5.80. The number of nitrogens with one attached hydrogen (secondary N) is 1. The maximum absolute atomic E-state index is 12.4. The maximum Gasteiger partial charge on any atom is 0.322 e. The van der Waals surface area contributed by atoms with Gasteiger partial charge in [-0.3, -0.25) is 14.4 Å². The Hall–Kier alpha value is -2.37. The number of esters is 1. The number of ether oxygens (including phenoxy) is 1. The average molecular weight is 548 g/mol. The summed E-state index contributed by atoms with van der Waals surface area (Å²) in [4.78, 5) is 34.4. The highest BCUT2D eigenvalue weighted by Crippen LogP contribution is 2.14. The van der Waals surface area contributed by atoms with Crippen LogP contribution < -0.4 is 5.32 Å². The number of unbranched alkanes of at least 4 members (excludes halogenated alkanes) is 12. The van der Waals surface area contributed by atoms with Crippen LogP contribution in [-0.2, 0) is 19.1 Å². The van der Waals surface area contributed by atoms with Gasteiger partial charge in [0.25, 0.3) is 0 Å². The quantitative estimate of drug-likeness (QED) is 0.0610. The first kappa shape index (κ1) is 36.6. The van der Waals surface area contributed by atoms with Crippen LogP contribution in [0.1, 0.15) is 142 Å². The first-order chi connectivity index (χ1) is 19.0. The molecular weight excluding hydrogens is 490 g/mol. The number of rotatable bonds is 27. The monoisotopic (exact) mass is 547 g/mol. The molecule has 0 rings (SSSR count). The average Bonchev–Trinajstić information content (AvgIpc) is 2.91. The second-order valence-electron chi connectivity index (χ2n) is 10.3. The molecule has 0 aliphatic heterocycles. The summed E-state index contributed by atoms with van der Waals surface area (Å²) in [7, 11) is 0.